The van der Waals surface area contributed by atoms with E-state index in [0.29, 0.717) is 6.29 Å². The van der Waals surface area contributed by atoms with Crippen LogP contribution in [0.25, 0.3) is 0 Å². The Kier molecular flexibility index (Phi) is 4.33. The second-order valence-electron chi connectivity index (χ2n) is 5.24. The van der Waals surface area contributed by atoms with Crippen LogP contribution in [0.1, 0.15) is 47.1 Å². The summed E-state index contributed by atoms with van der Waals surface area (Å²) in [4.78, 5) is 22.1. The van der Waals surface area contributed by atoms with Gasteiger partial charge in [-0.2, -0.15) is 8.42 Å². The first kappa shape index (κ1) is 16.3. The Morgan fingerprint density at radius 1 is 1.30 bits per heavy atom. The maximum absolute atomic E-state index is 13.1. The summed E-state index contributed by atoms with van der Waals surface area (Å²) in [5.74, 6) is -0.816. The minimum atomic E-state index is -5.02. The lowest BCUT2D eigenvalue weighted by Crippen LogP contribution is -2.24. The molecule has 0 saturated carbocycles. The molecule has 5 nitrogen and oxygen atoms in total. The highest BCUT2D eigenvalue weighted by atomic mass is 32.3. The van der Waals surface area contributed by atoms with Crippen LogP contribution in [0.3, 0.4) is 0 Å². The van der Waals surface area contributed by atoms with E-state index in [2.05, 4.69) is 0 Å². The SMILES string of the molecule is Cc1c(C=O)cc(S(=O)(=O)F)cc1C(=O)OC(C)(C)C. The minimum Gasteiger partial charge on any atom is -0.456 e. The summed E-state index contributed by atoms with van der Waals surface area (Å²) >= 11 is 0. The number of aldehydes is 1. The van der Waals surface area contributed by atoms with Gasteiger partial charge < -0.3 is 4.74 Å². The molecular formula is C13H15FO5S. The topological polar surface area (TPSA) is 77.5 Å². The van der Waals surface area contributed by atoms with E-state index in [9.17, 15) is 21.9 Å². The third-order valence-electron chi connectivity index (χ3n) is 2.45. The molecule has 0 spiro atoms. The van der Waals surface area contributed by atoms with Gasteiger partial charge in [-0.25, -0.2) is 4.79 Å². The lowest BCUT2D eigenvalue weighted by atomic mass is 10.0. The van der Waals surface area contributed by atoms with Crippen molar-refractivity contribution in [3.63, 3.8) is 0 Å². The van der Waals surface area contributed by atoms with Crippen LogP contribution in [0, 0.1) is 6.92 Å². The Bertz CT molecular complexity index is 656. The van der Waals surface area contributed by atoms with Gasteiger partial charge in [0, 0.05) is 5.56 Å². The first-order valence-electron chi connectivity index (χ1n) is 5.73. The summed E-state index contributed by atoms with van der Waals surface area (Å²) in [5.41, 5.74) is -0.790. The van der Waals surface area contributed by atoms with Gasteiger partial charge in [-0.05, 0) is 45.4 Å². The van der Waals surface area contributed by atoms with Gasteiger partial charge in [-0.3, -0.25) is 4.79 Å². The second-order valence-corrected chi connectivity index (χ2v) is 6.59. The molecule has 0 fully saturated rings. The minimum absolute atomic E-state index is 0.0791. The fraction of sp³-hybridized carbons (Fsp3) is 0.385. The van der Waals surface area contributed by atoms with Crippen molar-refractivity contribution in [3.8, 4) is 0 Å². The van der Waals surface area contributed by atoms with Crippen molar-refractivity contribution >= 4 is 22.5 Å². The van der Waals surface area contributed by atoms with Crippen LogP contribution < -0.4 is 0 Å². The molecule has 7 heteroatoms. The van der Waals surface area contributed by atoms with Crippen LogP contribution in [-0.2, 0) is 15.0 Å². The van der Waals surface area contributed by atoms with Crippen molar-refractivity contribution in [2.75, 3.05) is 0 Å². The van der Waals surface area contributed by atoms with Crippen molar-refractivity contribution in [1.29, 1.82) is 0 Å². The smallest absolute Gasteiger partial charge is 0.338 e. The van der Waals surface area contributed by atoms with E-state index in [1.807, 2.05) is 0 Å². The number of hydrogen-bond donors (Lipinski definition) is 0. The molecule has 0 bridgehead atoms. The first-order chi connectivity index (χ1) is 8.95. The maximum atomic E-state index is 13.1. The molecule has 0 aromatic heterocycles. The number of carbonyl (C=O) groups excluding carboxylic acids is 2. The summed E-state index contributed by atoms with van der Waals surface area (Å²) in [6.07, 6.45) is 0.359. The molecule has 0 aliphatic carbocycles. The monoisotopic (exact) mass is 302 g/mol. The van der Waals surface area contributed by atoms with Crippen LogP contribution in [0.4, 0.5) is 3.89 Å². The van der Waals surface area contributed by atoms with E-state index < -0.39 is 26.7 Å². The van der Waals surface area contributed by atoms with Crippen molar-refractivity contribution in [3.05, 3.63) is 28.8 Å². The predicted octanol–water partition coefficient (Wildman–Crippen LogP) is 2.42. The summed E-state index contributed by atoms with van der Waals surface area (Å²) in [6, 6.07) is 1.75. The summed E-state index contributed by atoms with van der Waals surface area (Å²) < 4.78 is 40.0. The molecule has 1 aromatic carbocycles. The lowest BCUT2D eigenvalue weighted by molar-refractivity contribution is 0.00684. The van der Waals surface area contributed by atoms with Gasteiger partial charge in [0.15, 0.2) is 0 Å². The molecule has 0 saturated heterocycles. The van der Waals surface area contributed by atoms with Gasteiger partial charge in [0.1, 0.15) is 16.8 Å². The standard InChI is InChI=1S/C13H15FO5S/c1-8-9(7-15)5-10(20(14,17)18)6-11(8)12(16)19-13(2,3)4/h5-7H,1-4H3. The van der Waals surface area contributed by atoms with Gasteiger partial charge >= 0.3 is 16.2 Å². The Morgan fingerprint density at radius 3 is 2.25 bits per heavy atom. The Morgan fingerprint density at radius 2 is 1.85 bits per heavy atom. The third kappa shape index (κ3) is 3.86. The zero-order valence-electron chi connectivity index (χ0n) is 11.6. The number of ether oxygens (including phenoxy) is 1. The molecule has 1 rings (SSSR count). The first-order valence-corrected chi connectivity index (χ1v) is 7.12. The van der Waals surface area contributed by atoms with E-state index in [-0.39, 0.29) is 16.7 Å². The maximum Gasteiger partial charge on any atom is 0.338 e. The third-order valence-corrected chi connectivity index (χ3v) is 3.25. The molecule has 20 heavy (non-hydrogen) atoms. The summed E-state index contributed by atoms with van der Waals surface area (Å²) in [6.45, 7) is 6.36. The van der Waals surface area contributed by atoms with Crippen LogP contribution in [0.2, 0.25) is 0 Å². The van der Waals surface area contributed by atoms with Gasteiger partial charge in [0.05, 0.1) is 5.56 Å². The van der Waals surface area contributed by atoms with Crippen LogP contribution in [0.5, 0.6) is 0 Å². The van der Waals surface area contributed by atoms with Crippen molar-refractivity contribution in [2.24, 2.45) is 0 Å². The van der Waals surface area contributed by atoms with E-state index in [4.69, 9.17) is 4.74 Å². The summed E-state index contributed by atoms with van der Waals surface area (Å²) in [7, 11) is -5.02. The van der Waals surface area contributed by atoms with Crippen LogP contribution in [0.15, 0.2) is 17.0 Å². The molecule has 0 N–H and O–H groups in total. The molecule has 0 aliphatic heterocycles. The highest BCUT2D eigenvalue weighted by molar-refractivity contribution is 7.86. The largest absolute Gasteiger partial charge is 0.456 e. The molecule has 0 unspecified atom stereocenters. The normalized spacial score (nSPS) is 12.1. The van der Waals surface area contributed by atoms with Crippen molar-refractivity contribution in [2.45, 2.75) is 38.2 Å². The number of esters is 1. The van der Waals surface area contributed by atoms with E-state index in [1.54, 1.807) is 20.8 Å². The Balaban J connectivity index is 3.46. The molecule has 0 aliphatic rings. The number of carbonyl (C=O) groups is 2. The predicted molar refractivity (Wildman–Crippen MR) is 70.0 cm³/mol. The average Bonchev–Trinajstić information content (AvgIpc) is 2.25. The number of halogens is 1. The second kappa shape index (κ2) is 5.32. The fourth-order valence-corrected chi connectivity index (χ4v) is 2.04. The average molecular weight is 302 g/mol. The van der Waals surface area contributed by atoms with E-state index in [0.717, 1.165) is 12.1 Å². The Labute approximate surface area is 117 Å². The van der Waals surface area contributed by atoms with E-state index >= 15 is 0 Å². The Hall–Kier alpha value is -1.76. The van der Waals surface area contributed by atoms with Crippen LogP contribution >= 0.6 is 0 Å². The highest BCUT2D eigenvalue weighted by Crippen LogP contribution is 2.23. The number of benzene rings is 1. The van der Waals surface area contributed by atoms with Gasteiger partial charge in [0.2, 0.25) is 0 Å². The number of rotatable bonds is 3. The van der Waals surface area contributed by atoms with E-state index in [1.165, 1.54) is 6.92 Å². The summed E-state index contributed by atoms with van der Waals surface area (Å²) in [5, 5.41) is 0. The fourth-order valence-electron chi connectivity index (χ4n) is 1.52. The van der Waals surface area contributed by atoms with Gasteiger partial charge in [-0.1, -0.05) is 0 Å². The molecule has 0 amide bonds. The lowest BCUT2D eigenvalue weighted by Gasteiger charge is -2.20. The van der Waals surface area contributed by atoms with Crippen molar-refractivity contribution in [1.82, 2.24) is 0 Å². The quantitative estimate of drug-likeness (QED) is 0.487. The molecular weight excluding hydrogens is 287 g/mol. The number of hydrogen-bond acceptors (Lipinski definition) is 5. The molecule has 0 atom stereocenters. The van der Waals surface area contributed by atoms with Gasteiger partial charge in [-0.15, -0.1) is 3.89 Å². The highest BCUT2D eigenvalue weighted by Gasteiger charge is 2.24. The zero-order chi connectivity index (χ0) is 15.7. The molecule has 1 aromatic rings. The zero-order valence-corrected chi connectivity index (χ0v) is 12.4. The van der Waals surface area contributed by atoms with Crippen molar-refractivity contribution < 1.29 is 26.6 Å². The van der Waals surface area contributed by atoms with Gasteiger partial charge in [0.25, 0.3) is 0 Å². The molecule has 0 radical (unpaired) electrons. The van der Waals surface area contributed by atoms with Crippen LogP contribution in [-0.4, -0.2) is 26.3 Å². The molecule has 110 valence electrons. The molecule has 0 heterocycles.